The molecule has 0 saturated heterocycles. The molecule has 0 bridgehead atoms. The predicted octanol–water partition coefficient (Wildman–Crippen LogP) is 2.04. The van der Waals surface area contributed by atoms with E-state index in [0.29, 0.717) is 0 Å². The van der Waals surface area contributed by atoms with Crippen LogP contribution in [0.1, 0.15) is 5.82 Å². The molecule has 0 aliphatic rings. The van der Waals surface area contributed by atoms with Gasteiger partial charge in [-0.05, 0) is 0 Å². The summed E-state index contributed by atoms with van der Waals surface area (Å²) < 4.78 is 51.5. The Balaban J connectivity index is 2.56. The topological polar surface area (TPSA) is 43.6 Å². The third kappa shape index (κ3) is 1.97. The smallest absolute Gasteiger partial charge is 0.322 e. The van der Waals surface area contributed by atoms with Crippen molar-refractivity contribution in [1.82, 2.24) is 19.5 Å². The van der Waals surface area contributed by atoms with Gasteiger partial charge < -0.3 is 4.57 Å². The number of nitrogens with zero attached hydrogens (tertiary/aromatic N) is 4. The van der Waals surface area contributed by atoms with Gasteiger partial charge in [0.1, 0.15) is 12.0 Å². The molecule has 0 aromatic carbocycles. The number of hydrogen-bond acceptors (Lipinski definition) is 3. The molecule has 0 N–H and O–H groups in total. The zero-order valence-electron chi connectivity index (χ0n) is 8.53. The lowest BCUT2D eigenvalue weighted by atomic mass is 10.3. The van der Waals surface area contributed by atoms with E-state index in [4.69, 9.17) is 0 Å². The Morgan fingerprint density at radius 1 is 1.18 bits per heavy atom. The van der Waals surface area contributed by atoms with Gasteiger partial charge in [-0.3, -0.25) is 0 Å². The fraction of sp³-hybridized carbons (Fsp3) is 0.222. The fourth-order valence-electron chi connectivity index (χ4n) is 1.39. The first-order valence-corrected chi connectivity index (χ1v) is 4.46. The molecule has 0 fully saturated rings. The van der Waals surface area contributed by atoms with Gasteiger partial charge in [-0.1, -0.05) is 0 Å². The number of alkyl halides is 3. The summed E-state index contributed by atoms with van der Waals surface area (Å²) in [6.45, 7) is 0. The molecular weight excluding hydrogens is 240 g/mol. The van der Waals surface area contributed by atoms with Gasteiger partial charge >= 0.3 is 6.18 Å². The van der Waals surface area contributed by atoms with Crippen LogP contribution in [0.4, 0.5) is 17.6 Å². The summed E-state index contributed by atoms with van der Waals surface area (Å²) in [7, 11) is 1.15. The first kappa shape index (κ1) is 11.5. The molecule has 17 heavy (non-hydrogen) atoms. The Morgan fingerprint density at radius 2 is 1.88 bits per heavy atom. The SMILES string of the molecule is Cn1c(-c2ncncc2F)cnc1C(F)(F)F. The van der Waals surface area contributed by atoms with E-state index in [2.05, 4.69) is 15.0 Å². The van der Waals surface area contributed by atoms with Crippen LogP contribution in [-0.4, -0.2) is 19.5 Å². The molecule has 2 rings (SSSR count). The van der Waals surface area contributed by atoms with E-state index < -0.39 is 17.8 Å². The lowest BCUT2D eigenvalue weighted by Gasteiger charge is -2.08. The lowest BCUT2D eigenvalue weighted by Crippen LogP contribution is -2.13. The van der Waals surface area contributed by atoms with Gasteiger partial charge in [0.25, 0.3) is 0 Å². The Morgan fingerprint density at radius 3 is 2.41 bits per heavy atom. The number of hydrogen-bond donors (Lipinski definition) is 0. The molecule has 90 valence electrons. The van der Waals surface area contributed by atoms with Crippen LogP contribution >= 0.6 is 0 Å². The summed E-state index contributed by atoms with van der Waals surface area (Å²) >= 11 is 0. The quantitative estimate of drug-likeness (QED) is 0.723. The van der Waals surface area contributed by atoms with Gasteiger partial charge in [-0.15, -0.1) is 0 Å². The third-order valence-electron chi connectivity index (χ3n) is 2.15. The van der Waals surface area contributed by atoms with Crippen LogP contribution in [0.2, 0.25) is 0 Å². The maximum atomic E-state index is 13.3. The summed E-state index contributed by atoms with van der Waals surface area (Å²) in [5, 5.41) is 0. The predicted molar refractivity (Wildman–Crippen MR) is 49.2 cm³/mol. The number of imidazole rings is 1. The van der Waals surface area contributed by atoms with Crippen molar-refractivity contribution in [3.63, 3.8) is 0 Å². The summed E-state index contributed by atoms with van der Waals surface area (Å²) in [6.07, 6.45) is -1.73. The molecule has 0 unspecified atom stereocenters. The van der Waals surface area contributed by atoms with Crippen molar-refractivity contribution in [3.8, 4) is 11.4 Å². The third-order valence-corrected chi connectivity index (χ3v) is 2.15. The molecule has 2 aromatic heterocycles. The molecule has 4 nitrogen and oxygen atoms in total. The zero-order chi connectivity index (χ0) is 12.6. The minimum atomic E-state index is -4.59. The normalized spacial score (nSPS) is 11.8. The minimum Gasteiger partial charge on any atom is -0.322 e. The highest BCUT2D eigenvalue weighted by Crippen LogP contribution is 2.30. The second-order valence-corrected chi connectivity index (χ2v) is 3.24. The summed E-state index contributed by atoms with van der Waals surface area (Å²) in [5.74, 6) is -1.91. The van der Waals surface area contributed by atoms with Crippen LogP contribution in [0, 0.1) is 5.82 Å². The van der Waals surface area contributed by atoms with Crippen molar-refractivity contribution in [2.75, 3.05) is 0 Å². The van der Waals surface area contributed by atoms with Gasteiger partial charge in [-0.2, -0.15) is 13.2 Å². The van der Waals surface area contributed by atoms with E-state index in [1.165, 1.54) is 0 Å². The zero-order valence-corrected chi connectivity index (χ0v) is 8.53. The molecule has 0 spiro atoms. The maximum Gasteiger partial charge on any atom is 0.449 e. The molecule has 0 aliphatic heterocycles. The van der Waals surface area contributed by atoms with E-state index in [1.54, 1.807) is 0 Å². The van der Waals surface area contributed by atoms with Crippen LogP contribution in [0.5, 0.6) is 0 Å². The van der Waals surface area contributed by atoms with Gasteiger partial charge in [0.05, 0.1) is 18.1 Å². The Bertz CT molecular complexity index is 546. The molecular formula is C9H6F4N4. The van der Waals surface area contributed by atoms with Crippen LogP contribution in [0.3, 0.4) is 0 Å². The number of aromatic nitrogens is 4. The second kappa shape index (κ2) is 3.79. The molecule has 0 atom stereocenters. The molecule has 2 heterocycles. The average molecular weight is 246 g/mol. The highest BCUT2D eigenvalue weighted by Gasteiger charge is 2.36. The molecule has 0 radical (unpaired) electrons. The van der Waals surface area contributed by atoms with Gasteiger partial charge in [0.15, 0.2) is 5.82 Å². The van der Waals surface area contributed by atoms with Crippen LogP contribution in [0.25, 0.3) is 11.4 Å². The molecule has 0 saturated carbocycles. The van der Waals surface area contributed by atoms with Crippen molar-refractivity contribution in [2.45, 2.75) is 6.18 Å². The summed E-state index contributed by atoms with van der Waals surface area (Å²) in [6, 6.07) is 0. The van der Waals surface area contributed by atoms with Crippen LogP contribution < -0.4 is 0 Å². The van der Waals surface area contributed by atoms with E-state index in [1.807, 2.05) is 0 Å². The molecule has 0 amide bonds. The van der Waals surface area contributed by atoms with E-state index in [0.717, 1.165) is 30.3 Å². The van der Waals surface area contributed by atoms with Crippen molar-refractivity contribution in [1.29, 1.82) is 0 Å². The van der Waals surface area contributed by atoms with Crippen molar-refractivity contribution in [3.05, 3.63) is 30.4 Å². The number of rotatable bonds is 1. The molecule has 0 aliphatic carbocycles. The highest BCUT2D eigenvalue weighted by molar-refractivity contribution is 5.54. The largest absolute Gasteiger partial charge is 0.449 e. The first-order chi connectivity index (χ1) is 7.91. The Labute approximate surface area is 93.0 Å². The van der Waals surface area contributed by atoms with Gasteiger partial charge in [0, 0.05) is 7.05 Å². The van der Waals surface area contributed by atoms with E-state index in [9.17, 15) is 17.6 Å². The first-order valence-electron chi connectivity index (χ1n) is 4.46. The lowest BCUT2D eigenvalue weighted by molar-refractivity contribution is -0.146. The van der Waals surface area contributed by atoms with Crippen LogP contribution in [0.15, 0.2) is 18.7 Å². The summed E-state index contributed by atoms with van der Waals surface area (Å²) in [5.41, 5.74) is -0.275. The Hall–Kier alpha value is -1.99. The second-order valence-electron chi connectivity index (χ2n) is 3.24. The van der Waals surface area contributed by atoms with Crippen LogP contribution in [-0.2, 0) is 13.2 Å². The van der Waals surface area contributed by atoms with E-state index >= 15 is 0 Å². The van der Waals surface area contributed by atoms with Crippen molar-refractivity contribution in [2.24, 2.45) is 7.05 Å². The Kier molecular flexibility index (Phi) is 2.56. The van der Waals surface area contributed by atoms with Gasteiger partial charge in [-0.25, -0.2) is 19.3 Å². The van der Waals surface area contributed by atoms with Crippen molar-refractivity contribution < 1.29 is 17.6 Å². The van der Waals surface area contributed by atoms with Gasteiger partial charge in [0.2, 0.25) is 5.82 Å². The number of halogens is 4. The monoisotopic (exact) mass is 246 g/mol. The molecule has 2 aromatic rings. The fourth-order valence-corrected chi connectivity index (χ4v) is 1.39. The standard InChI is InChI=1S/C9H6F4N4/c1-17-6(3-15-8(17)9(11,12)13)7-5(10)2-14-4-16-7/h2-4H,1H3. The van der Waals surface area contributed by atoms with Crippen molar-refractivity contribution >= 4 is 0 Å². The highest BCUT2D eigenvalue weighted by atomic mass is 19.4. The van der Waals surface area contributed by atoms with E-state index in [-0.39, 0.29) is 11.4 Å². The average Bonchev–Trinajstić information content (AvgIpc) is 2.60. The maximum absolute atomic E-state index is 13.3. The minimum absolute atomic E-state index is 0.0581. The molecule has 8 heteroatoms. The summed E-state index contributed by atoms with van der Waals surface area (Å²) in [4.78, 5) is 10.2.